The highest BCUT2D eigenvalue weighted by atomic mass is 19.1. The third-order valence-corrected chi connectivity index (χ3v) is 3.55. The number of rotatable bonds is 1. The fourth-order valence-electron chi connectivity index (χ4n) is 2.41. The fraction of sp³-hybridized carbons (Fsp3) is 0.250. The first-order valence-electron chi connectivity index (χ1n) is 6.37. The molecule has 0 aliphatic carbocycles. The number of fused-ring (bicyclic) bond motifs is 1. The van der Waals surface area contributed by atoms with Crippen molar-refractivity contribution in [3.8, 4) is 11.1 Å². The number of hydrogen-bond donors (Lipinski definition) is 1. The molecule has 1 aliphatic rings. The van der Waals surface area contributed by atoms with Crippen LogP contribution >= 0.6 is 0 Å². The van der Waals surface area contributed by atoms with E-state index in [4.69, 9.17) is 0 Å². The van der Waals surface area contributed by atoms with Crippen molar-refractivity contribution in [2.75, 3.05) is 11.9 Å². The predicted molar refractivity (Wildman–Crippen MR) is 73.4 cm³/mol. The summed E-state index contributed by atoms with van der Waals surface area (Å²) in [5.41, 5.74) is 5.25. The van der Waals surface area contributed by atoms with E-state index in [0.717, 1.165) is 24.1 Å². The molecule has 18 heavy (non-hydrogen) atoms. The molecular formula is C16H16FN. The second-order valence-corrected chi connectivity index (χ2v) is 4.87. The summed E-state index contributed by atoms with van der Waals surface area (Å²) in [5.74, 6) is -0.141. The van der Waals surface area contributed by atoms with Crippen LogP contribution in [0.1, 0.15) is 17.5 Å². The Hall–Kier alpha value is -1.83. The topological polar surface area (TPSA) is 12.0 Å². The summed E-state index contributed by atoms with van der Waals surface area (Å²) in [7, 11) is 0. The molecule has 92 valence electrons. The van der Waals surface area contributed by atoms with E-state index in [1.807, 2.05) is 12.1 Å². The highest BCUT2D eigenvalue weighted by Gasteiger charge is 2.10. The minimum Gasteiger partial charge on any atom is -0.385 e. The van der Waals surface area contributed by atoms with Crippen molar-refractivity contribution in [3.05, 3.63) is 53.3 Å². The quantitative estimate of drug-likeness (QED) is 0.790. The number of halogens is 1. The molecule has 1 nitrogen and oxygen atoms in total. The van der Waals surface area contributed by atoms with Gasteiger partial charge in [0, 0.05) is 12.2 Å². The first-order chi connectivity index (χ1) is 8.74. The second-order valence-electron chi connectivity index (χ2n) is 4.87. The van der Waals surface area contributed by atoms with Gasteiger partial charge in [-0.05, 0) is 54.2 Å². The van der Waals surface area contributed by atoms with Crippen LogP contribution in [0, 0.1) is 12.7 Å². The van der Waals surface area contributed by atoms with E-state index in [1.54, 1.807) is 13.0 Å². The monoisotopic (exact) mass is 241 g/mol. The molecule has 2 aromatic rings. The van der Waals surface area contributed by atoms with E-state index in [2.05, 4.69) is 23.5 Å². The lowest BCUT2D eigenvalue weighted by Gasteiger charge is -2.18. The van der Waals surface area contributed by atoms with Gasteiger partial charge < -0.3 is 5.32 Å². The molecule has 2 aromatic carbocycles. The molecule has 0 unspecified atom stereocenters. The molecule has 0 saturated carbocycles. The first kappa shape index (κ1) is 11.3. The molecule has 1 N–H and O–H groups in total. The molecule has 0 amide bonds. The van der Waals surface area contributed by atoms with Gasteiger partial charge in [-0.25, -0.2) is 4.39 Å². The van der Waals surface area contributed by atoms with Gasteiger partial charge in [0.05, 0.1) is 0 Å². The Morgan fingerprint density at radius 2 is 1.83 bits per heavy atom. The van der Waals surface area contributed by atoms with E-state index < -0.39 is 0 Å². The van der Waals surface area contributed by atoms with Crippen LogP contribution in [-0.4, -0.2) is 6.54 Å². The molecule has 0 fully saturated rings. The summed E-state index contributed by atoms with van der Waals surface area (Å²) in [4.78, 5) is 0. The predicted octanol–water partition coefficient (Wildman–Crippen LogP) is 4.16. The van der Waals surface area contributed by atoms with Gasteiger partial charge in [0.1, 0.15) is 5.82 Å². The van der Waals surface area contributed by atoms with Gasteiger partial charge >= 0.3 is 0 Å². The van der Waals surface area contributed by atoms with Gasteiger partial charge in [-0.3, -0.25) is 0 Å². The summed E-state index contributed by atoms with van der Waals surface area (Å²) in [6.07, 6.45) is 2.32. The van der Waals surface area contributed by atoms with Crippen LogP contribution in [0.25, 0.3) is 11.1 Å². The molecule has 1 aliphatic heterocycles. The molecule has 0 aromatic heterocycles. The third kappa shape index (κ3) is 1.99. The van der Waals surface area contributed by atoms with Crippen LogP contribution in [0.2, 0.25) is 0 Å². The highest BCUT2D eigenvalue weighted by molar-refractivity contribution is 5.70. The number of hydrogen-bond acceptors (Lipinski definition) is 1. The van der Waals surface area contributed by atoms with E-state index >= 15 is 0 Å². The van der Waals surface area contributed by atoms with Crippen molar-refractivity contribution in [2.24, 2.45) is 0 Å². The Morgan fingerprint density at radius 3 is 2.67 bits per heavy atom. The highest BCUT2D eigenvalue weighted by Crippen LogP contribution is 2.29. The van der Waals surface area contributed by atoms with Crippen molar-refractivity contribution in [2.45, 2.75) is 19.8 Å². The molecule has 0 saturated heterocycles. The van der Waals surface area contributed by atoms with Gasteiger partial charge in [0.25, 0.3) is 0 Å². The number of anilines is 1. The van der Waals surface area contributed by atoms with Crippen molar-refractivity contribution in [1.82, 2.24) is 0 Å². The number of aryl methyl sites for hydroxylation is 2. The Morgan fingerprint density at radius 1 is 1.06 bits per heavy atom. The second kappa shape index (κ2) is 4.45. The van der Waals surface area contributed by atoms with Crippen LogP contribution in [-0.2, 0) is 6.42 Å². The third-order valence-electron chi connectivity index (χ3n) is 3.55. The maximum Gasteiger partial charge on any atom is 0.126 e. The molecule has 1 heterocycles. The van der Waals surface area contributed by atoms with Crippen LogP contribution in [0.5, 0.6) is 0 Å². The summed E-state index contributed by atoms with van der Waals surface area (Å²) >= 11 is 0. The minimum absolute atomic E-state index is 0.141. The maximum absolute atomic E-state index is 13.6. The fourth-order valence-corrected chi connectivity index (χ4v) is 2.41. The first-order valence-corrected chi connectivity index (χ1v) is 6.37. The maximum atomic E-state index is 13.6. The average Bonchev–Trinajstić information content (AvgIpc) is 2.41. The van der Waals surface area contributed by atoms with Crippen molar-refractivity contribution in [3.63, 3.8) is 0 Å². The van der Waals surface area contributed by atoms with Crippen LogP contribution in [0.4, 0.5) is 10.1 Å². The van der Waals surface area contributed by atoms with E-state index in [0.29, 0.717) is 5.56 Å². The summed E-state index contributed by atoms with van der Waals surface area (Å²) in [6, 6.07) is 11.8. The summed E-state index contributed by atoms with van der Waals surface area (Å²) in [5, 5.41) is 3.41. The molecule has 2 heteroatoms. The van der Waals surface area contributed by atoms with Gasteiger partial charge in [-0.15, -0.1) is 0 Å². The SMILES string of the molecule is Cc1ccc(-c2ccc3c(c2)NCCC3)cc1F. The normalized spacial score (nSPS) is 13.9. The Balaban J connectivity index is 2.03. The van der Waals surface area contributed by atoms with E-state index in [-0.39, 0.29) is 5.82 Å². The molecular weight excluding hydrogens is 225 g/mol. The van der Waals surface area contributed by atoms with E-state index in [9.17, 15) is 4.39 Å². The van der Waals surface area contributed by atoms with Crippen molar-refractivity contribution in [1.29, 1.82) is 0 Å². The molecule has 0 radical (unpaired) electrons. The van der Waals surface area contributed by atoms with Gasteiger partial charge in [0.15, 0.2) is 0 Å². The van der Waals surface area contributed by atoms with Crippen molar-refractivity contribution >= 4 is 5.69 Å². The summed E-state index contributed by atoms with van der Waals surface area (Å²) in [6.45, 7) is 2.81. The molecule has 0 spiro atoms. The van der Waals surface area contributed by atoms with Gasteiger partial charge in [-0.2, -0.15) is 0 Å². The lowest BCUT2D eigenvalue weighted by atomic mass is 9.97. The zero-order valence-electron chi connectivity index (χ0n) is 10.5. The zero-order valence-corrected chi connectivity index (χ0v) is 10.5. The summed E-state index contributed by atoms with van der Waals surface area (Å²) < 4.78 is 13.6. The minimum atomic E-state index is -0.141. The van der Waals surface area contributed by atoms with Gasteiger partial charge in [-0.1, -0.05) is 24.3 Å². The smallest absolute Gasteiger partial charge is 0.126 e. The lowest BCUT2D eigenvalue weighted by molar-refractivity contribution is 0.619. The Kier molecular flexibility index (Phi) is 2.78. The Bertz CT molecular complexity index is 590. The lowest BCUT2D eigenvalue weighted by Crippen LogP contribution is -2.11. The van der Waals surface area contributed by atoms with Gasteiger partial charge in [0.2, 0.25) is 0 Å². The number of nitrogens with one attached hydrogen (secondary N) is 1. The number of benzene rings is 2. The standard InChI is InChI=1S/C16H16FN/c1-11-4-5-13(9-15(11)17)14-7-6-12-3-2-8-18-16(12)10-14/h4-7,9-10,18H,2-3,8H2,1H3. The Labute approximate surface area is 107 Å². The van der Waals surface area contributed by atoms with Crippen LogP contribution in [0.3, 0.4) is 0 Å². The zero-order chi connectivity index (χ0) is 12.5. The van der Waals surface area contributed by atoms with Crippen LogP contribution < -0.4 is 5.32 Å². The molecule has 3 rings (SSSR count). The average molecular weight is 241 g/mol. The largest absolute Gasteiger partial charge is 0.385 e. The molecule has 0 bridgehead atoms. The molecule has 0 atom stereocenters. The van der Waals surface area contributed by atoms with Crippen LogP contribution in [0.15, 0.2) is 36.4 Å². The van der Waals surface area contributed by atoms with E-state index in [1.165, 1.54) is 17.7 Å². The van der Waals surface area contributed by atoms with Crippen molar-refractivity contribution < 1.29 is 4.39 Å².